The Kier molecular flexibility index (Phi) is 7.23. The van der Waals surface area contributed by atoms with Crippen LogP contribution in [0.1, 0.15) is 49.1 Å². The van der Waals surface area contributed by atoms with Crippen molar-refractivity contribution < 1.29 is 19.0 Å². The first-order valence-corrected chi connectivity index (χ1v) is 11.8. The topological polar surface area (TPSA) is 56.8 Å². The minimum Gasteiger partial charge on any atom is -0.483 e. The van der Waals surface area contributed by atoms with E-state index in [-0.39, 0.29) is 5.97 Å². The Morgan fingerprint density at radius 3 is 2.44 bits per heavy atom. The van der Waals surface area contributed by atoms with Crippen molar-refractivity contribution in [2.75, 3.05) is 11.9 Å². The molecule has 0 radical (unpaired) electrons. The minimum atomic E-state index is -0.729. The highest BCUT2D eigenvalue weighted by Gasteiger charge is 2.47. The highest BCUT2D eigenvalue weighted by Crippen LogP contribution is 2.44. The van der Waals surface area contributed by atoms with Gasteiger partial charge in [-0.2, -0.15) is 0 Å². The van der Waals surface area contributed by atoms with Gasteiger partial charge < -0.3 is 19.5 Å². The maximum absolute atomic E-state index is 12.0. The lowest BCUT2D eigenvalue weighted by molar-refractivity contribution is -0.182. The van der Waals surface area contributed by atoms with E-state index in [1.807, 2.05) is 50.2 Å². The molecule has 3 aromatic rings. The summed E-state index contributed by atoms with van der Waals surface area (Å²) >= 11 is 0. The summed E-state index contributed by atoms with van der Waals surface area (Å²) in [5, 5.41) is 3.49. The van der Waals surface area contributed by atoms with Gasteiger partial charge in [0, 0.05) is 24.7 Å². The summed E-state index contributed by atoms with van der Waals surface area (Å²) in [6.07, 6.45) is -0.236. The number of aryl methyl sites for hydroxylation is 1. The van der Waals surface area contributed by atoms with E-state index >= 15 is 0 Å². The van der Waals surface area contributed by atoms with Crippen LogP contribution in [-0.2, 0) is 27.2 Å². The predicted octanol–water partition coefficient (Wildman–Crippen LogP) is 6.01. The number of carbonyl (C=O) groups is 1. The fourth-order valence-corrected chi connectivity index (χ4v) is 4.26. The van der Waals surface area contributed by atoms with Crippen LogP contribution in [0.3, 0.4) is 0 Å². The Hall–Kier alpha value is -3.31. The molecule has 0 fully saturated rings. The lowest BCUT2D eigenvalue weighted by Crippen LogP contribution is -2.51. The van der Waals surface area contributed by atoms with Gasteiger partial charge >= 0.3 is 5.97 Å². The van der Waals surface area contributed by atoms with Crippen molar-refractivity contribution in [2.24, 2.45) is 0 Å². The average molecular weight is 460 g/mol. The maximum atomic E-state index is 12.0. The van der Waals surface area contributed by atoms with E-state index in [1.54, 1.807) is 0 Å². The third-order valence-corrected chi connectivity index (χ3v) is 6.09. The van der Waals surface area contributed by atoms with Crippen LogP contribution in [0.4, 0.5) is 5.69 Å². The number of hydrogen-bond donors (Lipinski definition) is 1. The van der Waals surface area contributed by atoms with Crippen LogP contribution in [0, 0.1) is 6.92 Å². The normalized spacial score (nSPS) is 18.5. The molecule has 178 valence electrons. The van der Waals surface area contributed by atoms with Gasteiger partial charge in [0.15, 0.2) is 6.10 Å². The molecule has 2 atom stereocenters. The molecule has 0 spiro atoms. The molecule has 0 aromatic heterocycles. The van der Waals surface area contributed by atoms with Gasteiger partial charge in [0.1, 0.15) is 17.5 Å². The Morgan fingerprint density at radius 1 is 1.00 bits per heavy atom. The quantitative estimate of drug-likeness (QED) is 0.418. The number of fused-ring (bicyclic) bond motifs is 1. The van der Waals surface area contributed by atoms with Crippen LogP contribution in [0.25, 0.3) is 0 Å². The van der Waals surface area contributed by atoms with E-state index in [0.29, 0.717) is 13.2 Å². The predicted molar refractivity (Wildman–Crippen MR) is 134 cm³/mol. The summed E-state index contributed by atoms with van der Waals surface area (Å²) < 4.78 is 18.4. The number of rotatable bonds is 8. The van der Waals surface area contributed by atoms with Crippen molar-refractivity contribution in [2.45, 2.75) is 58.5 Å². The zero-order valence-electron chi connectivity index (χ0n) is 20.3. The van der Waals surface area contributed by atoms with Gasteiger partial charge in [0.2, 0.25) is 0 Å². The molecule has 34 heavy (non-hydrogen) atoms. The number of hydrogen-bond acceptors (Lipinski definition) is 5. The molecule has 0 aliphatic carbocycles. The van der Waals surface area contributed by atoms with Crippen LogP contribution >= 0.6 is 0 Å². The van der Waals surface area contributed by atoms with E-state index in [9.17, 15) is 4.79 Å². The average Bonchev–Trinajstić information content (AvgIpc) is 2.81. The zero-order chi connectivity index (χ0) is 24.1. The molecule has 0 amide bonds. The summed E-state index contributed by atoms with van der Waals surface area (Å²) in [6, 6.07) is 24.7. The number of benzene rings is 3. The van der Waals surface area contributed by atoms with Crippen molar-refractivity contribution in [3.63, 3.8) is 0 Å². The van der Waals surface area contributed by atoms with Gasteiger partial charge in [-0.1, -0.05) is 60.2 Å². The van der Waals surface area contributed by atoms with Crippen molar-refractivity contribution >= 4 is 11.7 Å². The summed E-state index contributed by atoms with van der Waals surface area (Å²) in [5.74, 6) is 0.398. The van der Waals surface area contributed by atoms with Crippen molar-refractivity contribution in [3.8, 4) is 5.75 Å². The standard InChI is InChI=1S/C29H33NO4/c1-20-10-12-23(13-11-20)19-30-24-14-15-26-25(18-24)27(28(33-21(2)31)29(3,4)34-26)32-17-16-22-8-6-5-7-9-22/h5-15,18,27-28,30H,16-17,19H2,1-4H3. The van der Waals surface area contributed by atoms with Gasteiger partial charge in [-0.15, -0.1) is 0 Å². The fourth-order valence-electron chi connectivity index (χ4n) is 4.26. The van der Waals surface area contributed by atoms with Gasteiger partial charge in [0.25, 0.3) is 0 Å². The highest BCUT2D eigenvalue weighted by atomic mass is 16.6. The van der Waals surface area contributed by atoms with Crippen LogP contribution in [0.15, 0.2) is 72.8 Å². The van der Waals surface area contributed by atoms with E-state index in [2.05, 4.69) is 48.6 Å². The molecule has 2 unspecified atom stereocenters. The second-order valence-electron chi connectivity index (χ2n) is 9.35. The van der Waals surface area contributed by atoms with Crippen LogP contribution in [0.5, 0.6) is 5.75 Å². The maximum Gasteiger partial charge on any atom is 0.303 e. The van der Waals surface area contributed by atoms with Crippen molar-refractivity contribution in [3.05, 3.63) is 95.1 Å². The first kappa shape index (κ1) is 23.8. The number of anilines is 1. The van der Waals surface area contributed by atoms with Gasteiger partial charge in [-0.05, 0) is 56.5 Å². The van der Waals surface area contributed by atoms with Crippen LogP contribution in [-0.4, -0.2) is 24.3 Å². The SMILES string of the molecule is CC(=O)OC1C(OCCc2ccccc2)c2cc(NCc3ccc(C)cc3)ccc2OC1(C)C. The molecule has 1 aliphatic heterocycles. The van der Waals surface area contributed by atoms with Gasteiger partial charge in [0.05, 0.1) is 6.61 Å². The molecule has 1 N–H and O–H groups in total. The molecule has 1 heterocycles. The van der Waals surface area contributed by atoms with Crippen molar-refractivity contribution in [1.29, 1.82) is 0 Å². The fraction of sp³-hybridized carbons (Fsp3) is 0.345. The summed E-state index contributed by atoms with van der Waals surface area (Å²) in [4.78, 5) is 12.0. The Balaban J connectivity index is 1.57. The number of ether oxygens (including phenoxy) is 3. The monoisotopic (exact) mass is 459 g/mol. The molecule has 0 saturated carbocycles. The van der Waals surface area contributed by atoms with Crippen molar-refractivity contribution in [1.82, 2.24) is 0 Å². The summed E-state index contributed by atoms with van der Waals surface area (Å²) in [6.45, 7) is 8.58. The first-order valence-electron chi connectivity index (χ1n) is 11.8. The van der Waals surface area contributed by atoms with Gasteiger partial charge in [-0.3, -0.25) is 4.79 Å². The molecule has 5 heteroatoms. The first-order chi connectivity index (χ1) is 16.3. The van der Waals surface area contributed by atoms with Crippen LogP contribution < -0.4 is 10.1 Å². The molecule has 5 nitrogen and oxygen atoms in total. The second kappa shape index (κ2) is 10.3. The van der Waals surface area contributed by atoms with E-state index in [0.717, 1.165) is 23.4 Å². The van der Waals surface area contributed by atoms with E-state index in [1.165, 1.54) is 23.6 Å². The Labute approximate surface area is 202 Å². The third-order valence-electron chi connectivity index (χ3n) is 6.09. The molecule has 4 rings (SSSR count). The smallest absolute Gasteiger partial charge is 0.303 e. The second-order valence-corrected chi connectivity index (χ2v) is 9.35. The molecule has 1 aliphatic rings. The summed E-state index contributed by atoms with van der Waals surface area (Å²) in [7, 11) is 0. The van der Waals surface area contributed by atoms with E-state index in [4.69, 9.17) is 14.2 Å². The lowest BCUT2D eigenvalue weighted by atomic mass is 9.87. The molecule has 0 bridgehead atoms. The minimum absolute atomic E-state index is 0.351. The van der Waals surface area contributed by atoms with E-state index < -0.39 is 17.8 Å². The molecule has 3 aromatic carbocycles. The number of esters is 1. The number of nitrogens with one attached hydrogen (secondary N) is 1. The zero-order valence-corrected chi connectivity index (χ0v) is 20.3. The molecular formula is C29H33NO4. The largest absolute Gasteiger partial charge is 0.483 e. The number of carbonyl (C=O) groups excluding carboxylic acids is 1. The highest BCUT2D eigenvalue weighted by molar-refractivity contribution is 5.66. The van der Waals surface area contributed by atoms with Crippen LogP contribution in [0.2, 0.25) is 0 Å². The lowest BCUT2D eigenvalue weighted by Gasteiger charge is -2.43. The summed E-state index contributed by atoms with van der Waals surface area (Å²) in [5.41, 5.74) is 4.76. The van der Waals surface area contributed by atoms with Gasteiger partial charge in [-0.25, -0.2) is 0 Å². The third kappa shape index (κ3) is 5.78. The molecular weight excluding hydrogens is 426 g/mol. The Morgan fingerprint density at radius 2 is 1.74 bits per heavy atom. The Bertz CT molecular complexity index is 1110. The molecule has 0 saturated heterocycles.